The molecule has 0 bridgehead atoms. The molecule has 1 unspecified atom stereocenters. The first-order valence-corrected chi connectivity index (χ1v) is 8.04. The number of nitrogens with zero attached hydrogens (tertiary/aromatic N) is 2. The molecule has 2 rings (SSSR count). The van der Waals surface area contributed by atoms with Crippen molar-refractivity contribution >= 4 is 10.2 Å². The third kappa shape index (κ3) is 2.93. The molecule has 2 heterocycles. The highest BCUT2D eigenvalue weighted by atomic mass is 32.2. The molecular weight excluding hydrogens is 250 g/mol. The van der Waals surface area contributed by atoms with Crippen LogP contribution in [0.25, 0.3) is 0 Å². The quantitative estimate of drug-likeness (QED) is 0.764. The van der Waals surface area contributed by atoms with Gasteiger partial charge < -0.3 is 5.73 Å². The molecule has 0 aromatic rings. The lowest BCUT2D eigenvalue weighted by Crippen LogP contribution is -2.49. The fraction of sp³-hybridized carbons (Fsp3) is 0.833. The van der Waals surface area contributed by atoms with Gasteiger partial charge in [-0.1, -0.05) is 11.6 Å². The SMILES string of the molecule is CC1=CCN(S(=O)(=O)N2CCCC(CN)C2)CC1. The molecule has 0 saturated carbocycles. The Hall–Kier alpha value is -0.430. The summed E-state index contributed by atoms with van der Waals surface area (Å²) in [6.45, 7) is 4.96. The van der Waals surface area contributed by atoms with Crippen molar-refractivity contribution in [2.45, 2.75) is 26.2 Å². The molecule has 1 atom stereocenters. The third-order valence-corrected chi connectivity index (χ3v) is 5.84. The van der Waals surface area contributed by atoms with Crippen LogP contribution in [0.4, 0.5) is 0 Å². The van der Waals surface area contributed by atoms with Crippen molar-refractivity contribution < 1.29 is 8.42 Å². The van der Waals surface area contributed by atoms with Gasteiger partial charge in [-0.3, -0.25) is 0 Å². The lowest BCUT2D eigenvalue weighted by molar-refractivity contribution is 0.252. The number of rotatable bonds is 3. The van der Waals surface area contributed by atoms with Crippen LogP contribution in [0.15, 0.2) is 11.6 Å². The molecule has 6 heteroatoms. The summed E-state index contributed by atoms with van der Waals surface area (Å²) >= 11 is 0. The van der Waals surface area contributed by atoms with Gasteiger partial charge in [0.05, 0.1) is 0 Å². The van der Waals surface area contributed by atoms with Crippen molar-refractivity contribution in [3.8, 4) is 0 Å². The van der Waals surface area contributed by atoms with Crippen LogP contribution in [-0.4, -0.2) is 49.8 Å². The predicted molar refractivity (Wildman–Crippen MR) is 72.2 cm³/mol. The molecule has 2 N–H and O–H groups in total. The normalized spacial score (nSPS) is 28.1. The van der Waals surface area contributed by atoms with E-state index in [1.807, 2.05) is 6.08 Å². The van der Waals surface area contributed by atoms with Crippen LogP contribution in [0, 0.1) is 5.92 Å². The van der Waals surface area contributed by atoms with Crippen molar-refractivity contribution in [2.24, 2.45) is 11.7 Å². The molecule has 0 aromatic heterocycles. The number of nitrogens with two attached hydrogens (primary N) is 1. The topological polar surface area (TPSA) is 66.6 Å². The maximum atomic E-state index is 12.5. The Morgan fingerprint density at radius 3 is 2.78 bits per heavy atom. The first-order valence-electron chi connectivity index (χ1n) is 6.65. The van der Waals surface area contributed by atoms with Crippen molar-refractivity contribution in [1.82, 2.24) is 8.61 Å². The summed E-state index contributed by atoms with van der Waals surface area (Å²) in [7, 11) is -3.29. The van der Waals surface area contributed by atoms with Gasteiger partial charge in [0.1, 0.15) is 0 Å². The fourth-order valence-corrected chi connectivity index (χ4v) is 4.22. The molecule has 0 radical (unpaired) electrons. The van der Waals surface area contributed by atoms with E-state index in [9.17, 15) is 8.42 Å². The Labute approximate surface area is 110 Å². The van der Waals surface area contributed by atoms with Crippen LogP contribution in [-0.2, 0) is 10.2 Å². The van der Waals surface area contributed by atoms with E-state index in [1.54, 1.807) is 8.61 Å². The van der Waals surface area contributed by atoms with E-state index < -0.39 is 10.2 Å². The molecule has 0 aromatic carbocycles. The minimum absolute atomic E-state index is 0.315. The molecule has 1 fully saturated rings. The van der Waals surface area contributed by atoms with Gasteiger partial charge in [0.15, 0.2) is 0 Å². The average Bonchev–Trinajstić information content (AvgIpc) is 2.39. The van der Waals surface area contributed by atoms with E-state index in [4.69, 9.17) is 5.73 Å². The van der Waals surface area contributed by atoms with Crippen LogP contribution in [0.5, 0.6) is 0 Å². The van der Waals surface area contributed by atoms with Gasteiger partial charge in [-0.15, -0.1) is 0 Å². The summed E-state index contributed by atoms with van der Waals surface area (Å²) in [6.07, 6.45) is 4.81. The monoisotopic (exact) mass is 273 g/mol. The largest absolute Gasteiger partial charge is 0.330 e. The third-order valence-electron chi connectivity index (χ3n) is 3.87. The molecule has 104 valence electrons. The summed E-state index contributed by atoms with van der Waals surface area (Å²) in [6, 6.07) is 0. The molecule has 1 saturated heterocycles. The van der Waals surface area contributed by atoms with Crippen molar-refractivity contribution in [1.29, 1.82) is 0 Å². The highest BCUT2D eigenvalue weighted by Crippen LogP contribution is 2.22. The van der Waals surface area contributed by atoms with Crippen LogP contribution < -0.4 is 5.73 Å². The Kier molecular flexibility index (Phi) is 4.42. The summed E-state index contributed by atoms with van der Waals surface area (Å²) in [5.41, 5.74) is 6.94. The van der Waals surface area contributed by atoms with Crippen LogP contribution in [0.1, 0.15) is 26.2 Å². The lowest BCUT2D eigenvalue weighted by atomic mass is 10.0. The van der Waals surface area contributed by atoms with Crippen LogP contribution in [0.2, 0.25) is 0 Å². The maximum absolute atomic E-state index is 12.5. The first-order chi connectivity index (χ1) is 8.54. The highest BCUT2D eigenvalue weighted by Gasteiger charge is 2.33. The molecule has 18 heavy (non-hydrogen) atoms. The Bertz CT molecular complexity index is 419. The van der Waals surface area contributed by atoms with Gasteiger partial charge in [-0.25, -0.2) is 0 Å². The number of hydrogen-bond donors (Lipinski definition) is 1. The minimum Gasteiger partial charge on any atom is -0.330 e. The highest BCUT2D eigenvalue weighted by molar-refractivity contribution is 7.86. The summed E-state index contributed by atoms with van der Waals surface area (Å²) in [4.78, 5) is 0. The lowest BCUT2D eigenvalue weighted by Gasteiger charge is -2.36. The Morgan fingerprint density at radius 1 is 1.39 bits per heavy atom. The zero-order valence-electron chi connectivity index (χ0n) is 11.0. The number of piperidine rings is 1. The summed E-state index contributed by atoms with van der Waals surface area (Å²) in [5.74, 6) is 0.315. The first kappa shape index (κ1) is 14.0. The van der Waals surface area contributed by atoms with Gasteiger partial charge in [0.2, 0.25) is 0 Å². The fourth-order valence-electron chi connectivity index (χ4n) is 2.55. The second-order valence-corrected chi connectivity index (χ2v) is 7.20. The second-order valence-electron chi connectivity index (χ2n) is 5.27. The molecule has 0 amide bonds. The van der Waals surface area contributed by atoms with Gasteiger partial charge in [-0.2, -0.15) is 17.0 Å². The molecular formula is C12H23N3O2S. The Balaban J connectivity index is 2.06. The van der Waals surface area contributed by atoms with Gasteiger partial charge in [-0.05, 0) is 38.6 Å². The molecule has 0 spiro atoms. The predicted octanol–water partition coefficient (Wildman–Crippen LogP) is 0.554. The molecule has 2 aliphatic rings. The standard InChI is InChI=1S/C12H23N3O2S/c1-11-4-7-14(8-5-11)18(16,17)15-6-2-3-12(9-13)10-15/h4,12H,2-3,5-10,13H2,1H3. The van der Waals surface area contributed by atoms with Gasteiger partial charge in [0.25, 0.3) is 10.2 Å². The average molecular weight is 273 g/mol. The smallest absolute Gasteiger partial charge is 0.282 e. The van der Waals surface area contributed by atoms with E-state index in [1.165, 1.54) is 5.57 Å². The maximum Gasteiger partial charge on any atom is 0.282 e. The summed E-state index contributed by atoms with van der Waals surface area (Å²) in [5, 5.41) is 0. The van der Waals surface area contributed by atoms with E-state index >= 15 is 0 Å². The van der Waals surface area contributed by atoms with Gasteiger partial charge in [0, 0.05) is 26.2 Å². The van der Waals surface area contributed by atoms with E-state index in [-0.39, 0.29) is 0 Å². The van der Waals surface area contributed by atoms with E-state index in [2.05, 4.69) is 6.92 Å². The van der Waals surface area contributed by atoms with Crippen molar-refractivity contribution in [2.75, 3.05) is 32.7 Å². The Morgan fingerprint density at radius 2 is 2.17 bits per heavy atom. The zero-order chi connectivity index (χ0) is 13.2. The van der Waals surface area contributed by atoms with Gasteiger partial charge >= 0.3 is 0 Å². The summed E-state index contributed by atoms with van der Waals surface area (Å²) < 4.78 is 28.2. The van der Waals surface area contributed by atoms with Crippen LogP contribution >= 0.6 is 0 Å². The molecule has 0 aliphatic carbocycles. The van der Waals surface area contributed by atoms with E-state index in [0.29, 0.717) is 38.6 Å². The molecule has 2 aliphatic heterocycles. The van der Waals surface area contributed by atoms with Crippen molar-refractivity contribution in [3.63, 3.8) is 0 Å². The van der Waals surface area contributed by atoms with Crippen molar-refractivity contribution in [3.05, 3.63) is 11.6 Å². The number of hydrogen-bond acceptors (Lipinski definition) is 3. The molecule has 5 nitrogen and oxygen atoms in total. The van der Waals surface area contributed by atoms with Crippen LogP contribution in [0.3, 0.4) is 0 Å². The zero-order valence-corrected chi connectivity index (χ0v) is 11.8. The minimum atomic E-state index is -3.29. The second kappa shape index (κ2) is 5.69. The van der Waals surface area contributed by atoms with E-state index in [0.717, 1.165) is 19.3 Å².